The van der Waals surface area contributed by atoms with Crippen molar-refractivity contribution in [3.05, 3.63) is 131 Å². The molecule has 0 aliphatic heterocycles. The summed E-state index contributed by atoms with van der Waals surface area (Å²) in [7, 11) is 0. The van der Waals surface area contributed by atoms with E-state index in [1.165, 1.54) is 0 Å². The summed E-state index contributed by atoms with van der Waals surface area (Å²) in [6.07, 6.45) is 8.96. The molecular formula is C42H56Br2Cu2N10. The summed E-state index contributed by atoms with van der Waals surface area (Å²) in [6.45, 7) is 26.2. The van der Waals surface area contributed by atoms with E-state index in [0.29, 0.717) is 0 Å². The van der Waals surface area contributed by atoms with Crippen LogP contribution in [0.25, 0.3) is 0 Å². The van der Waals surface area contributed by atoms with Crippen LogP contribution in [0.2, 0.25) is 0 Å². The monoisotopic (exact) mass is 984 g/mol. The molecule has 0 N–H and O–H groups in total. The molecule has 0 unspecified atom stereocenters. The second-order valence-corrected chi connectivity index (χ2v) is 18.1. The van der Waals surface area contributed by atoms with Crippen molar-refractivity contribution in [3.63, 3.8) is 0 Å². The Morgan fingerprint density at radius 1 is 0.429 bits per heavy atom. The first kappa shape index (κ1) is 45.8. The third kappa shape index (κ3) is 11.4. The molecule has 0 radical (unpaired) electrons. The summed E-state index contributed by atoms with van der Waals surface area (Å²) in [5.74, 6) is 0. The number of pyridine rings is 2. The number of nitrogens with zero attached hydrogens (tertiary/aromatic N) is 10. The van der Waals surface area contributed by atoms with Crippen LogP contribution in [0, 0.1) is 0 Å². The average Bonchev–Trinajstić information content (AvgIpc) is 3.97. The third-order valence-electron chi connectivity index (χ3n) is 9.33. The second-order valence-electron chi connectivity index (χ2n) is 18.1. The van der Waals surface area contributed by atoms with Crippen LogP contribution in [0.1, 0.15) is 141 Å². The van der Waals surface area contributed by atoms with Crippen LogP contribution >= 0.6 is 28.2 Å². The molecular weight excluding hydrogens is 931 g/mol. The van der Waals surface area contributed by atoms with Gasteiger partial charge in [-0.1, -0.05) is 95.2 Å². The van der Waals surface area contributed by atoms with Gasteiger partial charge in [-0.05, 0) is 61.4 Å². The maximum atomic E-state index is 5.21. The Morgan fingerprint density at radius 2 is 0.679 bits per heavy atom. The van der Waals surface area contributed by atoms with Crippen molar-refractivity contribution in [2.24, 2.45) is 0 Å². The molecule has 0 fully saturated rings. The van der Waals surface area contributed by atoms with Crippen LogP contribution in [0.15, 0.2) is 85.5 Å². The Balaban J connectivity index is 0.00000169. The summed E-state index contributed by atoms with van der Waals surface area (Å²) < 4.78 is 7.94. The second kappa shape index (κ2) is 18.8. The van der Waals surface area contributed by atoms with E-state index >= 15 is 0 Å². The topological polar surface area (TPSA) is 97.1 Å². The van der Waals surface area contributed by atoms with E-state index < -0.39 is 0 Å². The molecule has 0 saturated heterocycles. The van der Waals surface area contributed by atoms with Crippen molar-refractivity contribution in [2.75, 3.05) is 0 Å². The Hall–Kier alpha value is -2.86. The summed E-state index contributed by atoms with van der Waals surface area (Å²) in [6, 6.07) is 20.9. The van der Waals surface area contributed by atoms with E-state index in [2.05, 4.69) is 200 Å². The van der Waals surface area contributed by atoms with Crippen molar-refractivity contribution in [3.8, 4) is 0 Å². The van der Waals surface area contributed by atoms with Crippen LogP contribution in [0.4, 0.5) is 0 Å². The fourth-order valence-electron chi connectivity index (χ4n) is 6.10. The molecule has 0 bridgehead atoms. The number of halogens is 2. The first-order valence-electron chi connectivity index (χ1n) is 18.6. The predicted octanol–water partition coefficient (Wildman–Crippen LogP) is 10.1. The number of hydrogen-bond donors (Lipinski definition) is 0. The normalized spacial score (nSPS) is 12.4. The molecule has 56 heavy (non-hydrogen) atoms. The van der Waals surface area contributed by atoms with Gasteiger partial charge in [-0.2, -0.15) is 20.4 Å². The molecule has 310 valence electrons. The summed E-state index contributed by atoms with van der Waals surface area (Å²) in [5.41, 5.74) is 7.52. The molecule has 0 aliphatic rings. The van der Waals surface area contributed by atoms with Crippen LogP contribution in [-0.4, -0.2) is 49.1 Å². The van der Waals surface area contributed by atoms with Gasteiger partial charge < -0.3 is 0 Å². The molecule has 0 saturated carbocycles. The SMILES string of the molecule is CC(C)(C)c1ccn(C(c2cccc(CCc3cccc(C(n4ccc(C(C)(C)C)n4)n4ccc(C(C)(C)C)n4)n3)n2)n2ccc(C(C)(C)C)n2)n1.[Cu][Br].[Cu][Br]. The molecule has 0 amide bonds. The molecule has 6 heterocycles. The predicted molar refractivity (Wildman–Crippen MR) is 225 cm³/mol. The quantitative estimate of drug-likeness (QED) is 0.134. The first-order chi connectivity index (χ1) is 26.3. The van der Waals surface area contributed by atoms with Crippen LogP contribution in [-0.2, 0) is 62.9 Å². The van der Waals surface area contributed by atoms with Crippen molar-refractivity contribution in [1.82, 2.24) is 49.1 Å². The molecule has 0 aliphatic carbocycles. The minimum atomic E-state index is -0.325. The number of aryl methyl sites for hydroxylation is 2. The average molecular weight is 988 g/mol. The van der Waals surface area contributed by atoms with Gasteiger partial charge in [0, 0.05) is 57.8 Å². The van der Waals surface area contributed by atoms with E-state index in [-0.39, 0.29) is 34.0 Å². The fraction of sp³-hybridized carbons (Fsp3) is 0.476. The van der Waals surface area contributed by atoms with Crippen molar-refractivity contribution >= 4 is 28.2 Å². The number of rotatable bonds is 9. The molecule has 0 spiro atoms. The van der Waals surface area contributed by atoms with Gasteiger partial charge in [-0.25, -0.2) is 18.7 Å². The van der Waals surface area contributed by atoms with E-state index in [4.69, 9.17) is 30.4 Å². The molecule has 0 aromatic carbocycles. The van der Waals surface area contributed by atoms with Crippen LogP contribution in [0.5, 0.6) is 0 Å². The molecule has 6 rings (SSSR count). The Kier molecular flexibility index (Phi) is 15.4. The van der Waals surface area contributed by atoms with Gasteiger partial charge in [0.2, 0.25) is 0 Å². The van der Waals surface area contributed by atoms with E-state index in [9.17, 15) is 0 Å². The van der Waals surface area contributed by atoms with Crippen molar-refractivity contribution in [2.45, 2.75) is 130 Å². The van der Waals surface area contributed by atoms with Gasteiger partial charge in [-0.15, -0.1) is 0 Å². The third-order valence-corrected chi connectivity index (χ3v) is 9.33. The summed E-state index contributed by atoms with van der Waals surface area (Å²) >= 11 is 13.0. The Morgan fingerprint density at radius 3 is 0.893 bits per heavy atom. The zero-order valence-electron chi connectivity index (χ0n) is 34.5. The standard InChI is InChI=1S/C42H56N10.2BrH.2Cu/c1-39(2,3)33-21-25-49(45-33)37(50-26-22-34(46-50)40(4,5)6)31-17-13-15-29(43-31)19-20-30-16-14-18-32(44-30)38(51-27-23-35(47-51)41(7,8)9)52-28-24-36(48-52)42(10,11)12;;;;/h13-18,21-28,37-38H,19-20H2,1-12H3;2*1H;;/q;;;2*+1/p-2. The molecule has 6 aromatic rings. The van der Waals surface area contributed by atoms with Crippen molar-refractivity contribution < 1.29 is 28.4 Å². The van der Waals surface area contributed by atoms with Gasteiger partial charge in [0.25, 0.3) is 0 Å². The van der Waals surface area contributed by atoms with Gasteiger partial charge >= 0.3 is 56.6 Å². The van der Waals surface area contributed by atoms with Gasteiger partial charge in [0.05, 0.1) is 34.2 Å². The first-order valence-corrected chi connectivity index (χ1v) is 23.3. The zero-order chi connectivity index (χ0) is 41.6. The molecule has 10 nitrogen and oxygen atoms in total. The molecule has 14 heteroatoms. The number of aromatic nitrogens is 10. The Bertz CT molecular complexity index is 1880. The summed E-state index contributed by atoms with van der Waals surface area (Å²) in [4.78, 5) is 10.4. The van der Waals surface area contributed by atoms with E-state index in [1.807, 2.05) is 43.5 Å². The Labute approximate surface area is 364 Å². The number of hydrogen-bond acceptors (Lipinski definition) is 6. The van der Waals surface area contributed by atoms with E-state index in [1.54, 1.807) is 0 Å². The minimum absolute atomic E-state index is 0.0785. The van der Waals surface area contributed by atoms with Crippen LogP contribution < -0.4 is 0 Å². The molecule has 6 aromatic heterocycles. The van der Waals surface area contributed by atoms with Gasteiger partial charge in [-0.3, -0.25) is 9.97 Å². The van der Waals surface area contributed by atoms with Gasteiger partial charge in [0.15, 0.2) is 12.3 Å². The van der Waals surface area contributed by atoms with E-state index in [0.717, 1.165) is 58.4 Å². The maximum absolute atomic E-state index is 5.21. The van der Waals surface area contributed by atoms with Gasteiger partial charge in [0.1, 0.15) is 0 Å². The zero-order valence-corrected chi connectivity index (χ0v) is 39.5. The van der Waals surface area contributed by atoms with Crippen molar-refractivity contribution in [1.29, 1.82) is 0 Å². The molecule has 0 atom stereocenters. The fourth-order valence-corrected chi connectivity index (χ4v) is 6.10. The summed E-state index contributed by atoms with van der Waals surface area (Å²) in [5, 5.41) is 20.1. The van der Waals surface area contributed by atoms with Crippen LogP contribution in [0.3, 0.4) is 0 Å².